The van der Waals surface area contributed by atoms with Crippen LogP contribution in [0.2, 0.25) is 0 Å². The van der Waals surface area contributed by atoms with Crippen molar-refractivity contribution < 1.29 is 0 Å². The second kappa shape index (κ2) is 11.6. The molecular formula is C52H37BN2S. The average molecular weight is 733 g/mol. The Kier molecular flexibility index (Phi) is 6.67. The molecule has 0 amide bonds. The molecule has 0 saturated carbocycles. The largest absolute Gasteiger partial charge is 0.291 e. The van der Waals surface area contributed by atoms with Crippen molar-refractivity contribution in [3.63, 3.8) is 0 Å². The second-order valence-corrected chi connectivity index (χ2v) is 17.3. The van der Waals surface area contributed by atoms with E-state index in [2.05, 4.69) is 172 Å². The molecule has 0 unspecified atom stereocenters. The summed E-state index contributed by atoms with van der Waals surface area (Å²) in [4.78, 5) is 5.48. The van der Waals surface area contributed by atoms with Gasteiger partial charge >= 0.3 is 0 Å². The first-order valence-corrected chi connectivity index (χ1v) is 20.5. The van der Waals surface area contributed by atoms with Crippen LogP contribution in [0.1, 0.15) is 33.4 Å². The first-order chi connectivity index (χ1) is 27.4. The van der Waals surface area contributed by atoms with Gasteiger partial charge < -0.3 is 0 Å². The van der Waals surface area contributed by atoms with Crippen molar-refractivity contribution in [3.8, 4) is 11.3 Å². The van der Waals surface area contributed by atoms with E-state index in [1.807, 2.05) is 11.3 Å². The molecule has 0 saturated heterocycles. The molecule has 56 heavy (non-hydrogen) atoms. The molecule has 11 aromatic rings. The van der Waals surface area contributed by atoms with Gasteiger partial charge in [0.2, 0.25) is 6.71 Å². The number of imidazole rings is 1. The number of nitrogens with zero attached hydrogens (tertiary/aromatic N) is 2. The van der Waals surface area contributed by atoms with E-state index in [0.717, 1.165) is 28.8 Å². The number of hydrogen-bond acceptors (Lipinski definition) is 2. The zero-order chi connectivity index (χ0) is 37.4. The lowest BCUT2D eigenvalue weighted by molar-refractivity contribution is 1.16. The van der Waals surface area contributed by atoms with E-state index < -0.39 is 0 Å². The first-order valence-electron chi connectivity index (χ1n) is 19.7. The Bertz CT molecular complexity index is 3440. The molecule has 0 fully saturated rings. The zero-order valence-corrected chi connectivity index (χ0v) is 32.7. The van der Waals surface area contributed by atoms with Crippen LogP contribution in [0.5, 0.6) is 0 Å². The lowest BCUT2D eigenvalue weighted by atomic mass is 9.32. The summed E-state index contributed by atoms with van der Waals surface area (Å²) in [6, 6.07) is 52.8. The van der Waals surface area contributed by atoms with Crippen LogP contribution in [0, 0.1) is 27.7 Å². The number of aryl methyl sites for hydroxylation is 4. The summed E-state index contributed by atoms with van der Waals surface area (Å²) >= 11 is 1.88. The third-order valence-corrected chi connectivity index (χ3v) is 13.8. The Hall–Kier alpha value is -6.23. The van der Waals surface area contributed by atoms with Crippen LogP contribution >= 0.6 is 11.3 Å². The van der Waals surface area contributed by atoms with Crippen LogP contribution in [0.25, 0.3) is 80.4 Å². The van der Waals surface area contributed by atoms with Gasteiger partial charge in [0.25, 0.3) is 0 Å². The minimum atomic E-state index is 0.191. The third kappa shape index (κ3) is 4.60. The van der Waals surface area contributed by atoms with Gasteiger partial charge in [0.05, 0.1) is 21.4 Å². The molecule has 4 heteroatoms. The average Bonchev–Trinajstić information content (AvgIpc) is 3.76. The normalized spacial score (nSPS) is 12.9. The Morgan fingerprint density at radius 3 is 1.88 bits per heavy atom. The van der Waals surface area contributed by atoms with E-state index in [-0.39, 0.29) is 6.71 Å². The van der Waals surface area contributed by atoms with Gasteiger partial charge in [0, 0.05) is 15.5 Å². The number of pyridine rings is 1. The predicted molar refractivity (Wildman–Crippen MR) is 243 cm³/mol. The maximum Gasteiger partial charge on any atom is 0.242 e. The summed E-state index contributed by atoms with van der Waals surface area (Å²) in [6.07, 6.45) is 0.990. The van der Waals surface area contributed by atoms with Gasteiger partial charge in [0.1, 0.15) is 0 Å². The van der Waals surface area contributed by atoms with Crippen LogP contribution in [0.3, 0.4) is 0 Å². The van der Waals surface area contributed by atoms with Gasteiger partial charge in [-0.25, -0.2) is 4.98 Å². The molecule has 4 heterocycles. The van der Waals surface area contributed by atoms with Gasteiger partial charge in [-0.1, -0.05) is 148 Å². The van der Waals surface area contributed by atoms with E-state index in [4.69, 9.17) is 4.98 Å². The molecule has 0 radical (unpaired) electrons. The highest BCUT2D eigenvalue weighted by Crippen LogP contribution is 2.43. The molecule has 0 spiro atoms. The Morgan fingerprint density at radius 2 is 1.18 bits per heavy atom. The second-order valence-electron chi connectivity index (χ2n) is 16.2. The number of hydrogen-bond donors (Lipinski definition) is 0. The molecule has 3 aromatic heterocycles. The minimum Gasteiger partial charge on any atom is -0.291 e. The molecule has 2 nitrogen and oxygen atoms in total. The first kappa shape index (κ1) is 32.1. The maximum atomic E-state index is 5.48. The number of aromatic nitrogens is 2. The standard InChI is InChI=1S/C52H37BN2S/c1-29-19-31(3)48-39(21-29)25-40-22-30(2)20-32(4)49(40)53(48)41-16-13-34(14-17-41)46-28-44-43-18-15-33-9-7-8-12-42(33)50(43)56-51(44)52-54-45-26-37-23-35-10-5-6-11-36(35)24-38(37)27-47(45)55(46)52/h5-24,26-28H,25H2,1-4H3. The van der Waals surface area contributed by atoms with Gasteiger partial charge in [-0.05, 0) is 113 Å². The molecule has 8 aromatic carbocycles. The molecule has 0 aliphatic carbocycles. The highest BCUT2D eigenvalue weighted by Gasteiger charge is 2.33. The van der Waals surface area contributed by atoms with E-state index in [1.54, 1.807) is 0 Å². The number of thiophene rings is 1. The summed E-state index contributed by atoms with van der Waals surface area (Å²) in [7, 11) is 0. The summed E-state index contributed by atoms with van der Waals surface area (Å²) in [5.74, 6) is 0. The molecule has 0 bridgehead atoms. The highest BCUT2D eigenvalue weighted by atomic mass is 32.1. The quantitative estimate of drug-likeness (QED) is 0.128. The number of fused-ring (bicyclic) bond motifs is 13. The maximum absolute atomic E-state index is 5.48. The third-order valence-electron chi connectivity index (χ3n) is 12.6. The smallest absolute Gasteiger partial charge is 0.242 e. The van der Waals surface area contributed by atoms with Crippen molar-refractivity contribution >= 4 is 104 Å². The van der Waals surface area contributed by atoms with E-state index in [1.165, 1.54) is 108 Å². The molecule has 0 atom stereocenters. The van der Waals surface area contributed by atoms with Crippen molar-refractivity contribution in [3.05, 3.63) is 173 Å². The molecule has 264 valence electrons. The van der Waals surface area contributed by atoms with Gasteiger partial charge in [-0.15, -0.1) is 11.3 Å². The lowest BCUT2D eigenvalue weighted by Crippen LogP contribution is -2.58. The van der Waals surface area contributed by atoms with Crippen molar-refractivity contribution in [1.82, 2.24) is 9.38 Å². The number of rotatable bonds is 2. The Morgan fingerprint density at radius 1 is 0.536 bits per heavy atom. The fraction of sp³-hybridized carbons (Fsp3) is 0.0962. The van der Waals surface area contributed by atoms with E-state index in [0.29, 0.717) is 0 Å². The molecule has 12 rings (SSSR count). The molecule has 1 aliphatic heterocycles. The van der Waals surface area contributed by atoms with Gasteiger partial charge in [0.15, 0.2) is 5.65 Å². The van der Waals surface area contributed by atoms with Gasteiger partial charge in [-0.2, -0.15) is 0 Å². The van der Waals surface area contributed by atoms with E-state index >= 15 is 0 Å². The number of benzene rings is 8. The zero-order valence-electron chi connectivity index (χ0n) is 31.9. The molecule has 1 aliphatic rings. The SMILES string of the molecule is Cc1cc(C)c2c(c1)Cc1cc(C)cc(C)c1B2c1ccc(-c2cc3c4ccc5ccccc5c4sc3c3nc4cc5cc6ccccc6cc5cc4n23)cc1. The summed E-state index contributed by atoms with van der Waals surface area (Å²) in [6.45, 7) is 9.26. The van der Waals surface area contributed by atoms with Crippen LogP contribution in [-0.4, -0.2) is 16.1 Å². The fourth-order valence-corrected chi connectivity index (χ4v) is 11.6. The lowest BCUT2D eigenvalue weighted by Gasteiger charge is -2.31. The Labute approximate surface area is 329 Å². The van der Waals surface area contributed by atoms with Crippen molar-refractivity contribution in [2.24, 2.45) is 0 Å². The van der Waals surface area contributed by atoms with Crippen LogP contribution < -0.4 is 16.4 Å². The minimum absolute atomic E-state index is 0.191. The molecular weight excluding hydrogens is 695 g/mol. The summed E-state index contributed by atoms with van der Waals surface area (Å²) < 4.78 is 4.99. The van der Waals surface area contributed by atoms with Crippen molar-refractivity contribution in [2.45, 2.75) is 34.1 Å². The van der Waals surface area contributed by atoms with E-state index in [9.17, 15) is 0 Å². The molecule has 0 N–H and O–H groups in total. The highest BCUT2D eigenvalue weighted by molar-refractivity contribution is 7.27. The van der Waals surface area contributed by atoms with Crippen LogP contribution in [0.4, 0.5) is 0 Å². The van der Waals surface area contributed by atoms with Gasteiger partial charge in [-0.3, -0.25) is 4.40 Å². The van der Waals surface area contributed by atoms with Crippen LogP contribution in [-0.2, 0) is 6.42 Å². The summed E-state index contributed by atoms with van der Waals surface area (Å²) in [5.41, 5.74) is 18.2. The fourth-order valence-electron chi connectivity index (χ4n) is 10.3. The van der Waals surface area contributed by atoms with Crippen molar-refractivity contribution in [1.29, 1.82) is 0 Å². The van der Waals surface area contributed by atoms with Crippen molar-refractivity contribution in [2.75, 3.05) is 0 Å². The Balaban J connectivity index is 1.12. The topological polar surface area (TPSA) is 17.3 Å². The predicted octanol–water partition coefficient (Wildman–Crippen LogP) is 11.6. The summed E-state index contributed by atoms with van der Waals surface area (Å²) in [5, 5.41) is 10.1. The van der Waals surface area contributed by atoms with Crippen LogP contribution in [0.15, 0.2) is 140 Å². The monoisotopic (exact) mass is 732 g/mol.